The van der Waals surface area contributed by atoms with Crippen LogP contribution in [0.5, 0.6) is 0 Å². The lowest BCUT2D eigenvalue weighted by Gasteiger charge is -1.96. The zero-order chi connectivity index (χ0) is 8.69. The van der Waals surface area contributed by atoms with Gasteiger partial charge < -0.3 is 0 Å². The fraction of sp³-hybridized carbons (Fsp3) is 0.300. The van der Waals surface area contributed by atoms with Crippen molar-refractivity contribution in [2.75, 3.05) is 7.05 Å². The van der Waals surface area contributed by atoms with Crippen LogP contribution < -0.4 is 0 Å². The average Bonchev–Trinajstić information content (AvgIpc) is 1.97. The maximum absolute atomic E-state index is 3.84. The molecule has 0 fully saturated rings. The molecule has 0 bridgehead atoms. The van der Waals surface area contributed by atoms with E-state index in [1.807, 2.05) is 32.1 Å². The lowest BCUT2D eigenvalue weighted by molar-refractivity contribution is 1.43. The van der Waals surface area contributed by atoms with E-state index in [1.165, 1.54) is 0 Å². The summed E-state index contributed by atoms with van der Waals surface area (Å²) in [6.07, 6.45) is 7.69. The van der Waals surface area contributed by atoms with Crippen LogP contribution in [0.3, 0.4) is 0 Å². The molecule has 0 aliphatic heterocycles. The molecule has 0 saturated heterocycles. The van der Waals surface area contributed by atoms with E-state index in [0.717, 1.165) is 11.1 Å². The number of hydrogen-bond donors (Lipinski definition) is 0. The highest BCUT2D eigenvalue weighted by molar-refractivity contribution is 5.72. The summed E-state index contributed by atoms with van der Waals surface area (Å²) < 4.78 is 0. The molecule has 60 valence electrons. The molecule has 1 nitrogen and oxygen atoms in total. The Labute approximate surface area is 68.9 Å². The van der Waals surface area contributed by atoms with E-state index in [9.17, 15) is 0 Å². The normalized spacial score (nSPS) is 13.2. The van der Waals surface area contributed by atoms with E-state index in [4.69, 9.17) is 0 Å². The fourth-order valence-corrected chi connectivity index (χ4v) is 0.718. The van der Waals surface area contributed by atoms with Gasteiger partial charge in [-0.15, -0.1) is 0 Å². The predicted molar refractivity (Wildman–Crippen MR) is 52.1 cm³/mol. The lowest BCUT2D eigenvalue weighted by Crippen LogP contribution is -1.77. The molecule has 1 heteroatoms. The van der Waals surface area contributed by atoms with Crippen molar-refractivity contribution in [3.05, 3.63) is 36.0 Å². The van der Waals surface area contributed by atoms with Crippen LogP contribution in [0.25, 0.3) is 0 Å². The van der Waals surface area contributed by atoms with Gasteiger partial charge in [0.15, 0.2) is 0 Å². The van der Waals surface area contributed by atoms with Crippen molar-refractivity contribution in [2.24, 2.45) is 4.99 Å². The molecule has 0 aromatic carbocycles. The molecule has 0 aromatic rings. The highest BCUT2D eigenvalue weighted by Gasteiger charge is 1.87. The topological polar surface area (TPSA) is 12.4 Å². The summed E-state index contributed by atoms with van der Waals surface area (Å²) in [6.45, 7) is 7.83. The first kappa shape index (κ1) is 9.89. The van der Waals surface area contributed by atoms with Gasteiger partial charge in [0.25, 0.3) is 0 Å². The molecule has 0 rings (SSSR count). The minimum Gasteiger partial charge on any atom is -0.297 e. The number of rotatable bonds is 3. The van der Waals surface area contributed by atoms with Gasteiger partial charge in [-0.1, -0.05) is 24.3 Å². The number of hydrogen-bond acceptors (Lipinski definition) is 1. The van der Waals surface area contributed by atoms with Gasteiger partial charge >= 0.3 is 0 Å². The summed E-state index contributed by atoms with van der Waals surface area (Å²) in [4.78, 5) is 3.83. The minimum absolute atomic E-state index is 1.08. The summed E-state index contributed by atoms with van der Waals surface area (Å²) in [7, 11) is 1.75. The average molecular weight is 149 g/mol. The molecule has 0 unspecified atom stereocenters. The molecule has 0 spiro atoms. The monoisotopic (exact) mass is 149 g/mol. The SMILES string of the molecule is C=C(C)C(/C=C\C=NC)=C/C. The van der Waals surface area contributed by atoms with Crippen LogP contribution in [0, 0.1) is 0 Å². The molecule has 0 atom stereocenters. The molecule has 0 heterocycles. The predicted octanol–water partition coefficient (Wildman–Crippen LogP) is 2.77. The Balaban J connectivity index is 4.22. The second-order valence-corrected chi connectivity index (χ2v) is 2.29. The van der Waals surface area contributed by atoms with Gasteiger partial charge in [0.05, 0.1) is 0 Å². The summed E-state index contributed by atoms with van der Waals surface area (Å²) in [6, 6.07) is 0. The molecule has 11 heavy (non-hydrogen) atoms. The van der Waals surface area contributed by atoms with Crippen LogP contribution in [-0.2, 0) is 0 Å². The maximum atomic E-state index is 3.84. The van der Waals surface area contributed by atoms with Crippen LogP contribution in [0.15, 0.2) is 40.9 Å². The van der Waals surface area contributed by atoms with Crippen molar-refractivity contribution in [3.63, 3.8) is 0 Å². The largest absolute Gasteiger partial charge is 0.297 e. The van der Waals surface area contributed by atoms with Gasteiger partial charge in [0.1, 0.15) is 0 Å². The summed E-state index contributed by atoms with van der Waals surface area (Å²) in [5, 5.41) is 0. The molecule has 0 radical (unpaired) electrons. The first-order valence-electron chi connectivity index (χ1n) is 3.63. The standard InChI is InChI=1S/C10H15N/c1-5-10(9(2)3)7-6-8-11-4/h5-8H,2H2,1,3-4H3/b7-6-,10-5+,11-8?. The van der Waals surface area contributed by atoms with Crippen molar-refractivity contribution in [1.82, 2.24) is 0 Å². The molecule has 0 amide bonds. The quantitative estimate of drug-likeness (QED) is 0.432. The van der Waals surface area contributed by atoms with Crippen molar-refractivity contribution in [3.8, 4) is 0 Å². The Morgan fingerprint density at radius 1 is 1.45 bits per heavy atom. The summed E-state index contributed by atoms with van der Waals surface area (Å²) in [5.41, 5.74) is 2.23. The van der Waals surface area contributed by atoms with Crippen LogP contribution in [0.4, 0.5) is 0 Å². The fourth-order valence-electron chi connectivity index (χ4n) is 0.718. The highest BCUT2D eigenvalue weighted by atomic mass is 14.6. The van der Waals surface area contributed by atoms with Gasteiger partial charge in [-0.25, -0.2) is 0 Å². The second kappa shape index (κ2) is 5.66. The Kier molecular flexibility index (Phi) is 5.09. The third-order valence-electron chi connectivity index (χ3n) is 1.31. The van der Waals surface area contributed by atoms with E-state index in [2.05, 4.69) is 11.6 Å². The van der Waals surface area contributed by atoms with Gasteiger partial charge in [-0.2, -0.15) is 0 Å². The summed E-state index contributed by atoms with van der Waals surface area (Å²) >= 11 is 0. The van der Waals surface area contributed by atoms with Crippen molar-refractivity contribution < 1.29 is 0 Å². The van der Waals surface area contributed by atoms with E-state index in [-0.39, 0.29) is 0 Å². The Hall–Kier alpha value is -1.11. The summed E-state index contributed by atoms with van der Waals surface area (Å²) in [5.74, 6) is 0. The van der Waals surface area contributed by atoms with Crippen LogP contribution >= 0.6 is 0 Å². The van der Waals surface area contributed by atoms with Crippen LogP contribution in [0.2, 0.25) is 0 Å². The number of aliphatic imine (C=N–C) groups is 1. The van der Waals surface area contributed by atoms with Crippen molar-refractivity contribution >= 4 is 6.21 Å². The Bertz CT molecular complexity index is 207. The van der Waals surface area contributed by atoms with Gasteiger partial charge in [-0.05, 0) is 25.5 Å². The molecule has 0 aliphatic carbocycles. The Morgan fingerprint density at radius 2 is 2.09 bits per heavy atom. The molecule has 0 aromatic heterocycles. The number of nitrogens with zero attached hydrogens (tertiary/aromatic N) is 1. The van der Waals surface area contributed by atoms with Gasteiger partial charge in [0, 0.05) is 13.3 Å². The molecule has 0 saturated carbocycles. The lowest BCUT2D eigenvalue weighted by atomic mass is 10.1. The minimum atomic E-state index is 1.08. The Morgan fingerprint density at radius 3 is 2.45 bits per heavy atom. The smallest absolute Gasteiger partial charge is 0.0277 e. The highest BCUT2D eigenvalue weighted by Crippen LogP contribution is 2.06. The molecular weight excluding hydrogens is 134 g/mol. The van der Waals surface area contributed by atoms with Crippen LogP contribution in [-0.4, -0.2) is 13.3 Å². The van der Waals surface area contributed by atoms with Crippen LogP contribution in [0.1, 0.15) is 13.8 Å². The van der Waals surface area contributed by atoms with Gasteiger partial charge in [-0.3, -0.25) is 4.99 Å². The van der Waals surface area contributed by atoms with Gasteiger partial charge in [0.2, 0.25) is 0 Å². The second-order valence-electron chi connectivity index (χ2n) is 2.29. The van der Waals surface area contributed by atoms with Crippen molar-refractivity contribution in [2.45, 2.75) is 13.8 Å². The maximum Gasteiger partial charge on any atom is 0.0277 e. The molecule has 0 N–H and O–H groups in total. The van der Waals surface area contributed by atoms with E-state index in [0.29, 0.717) is 0 Å². The van der Waals surface area contributed by atoms with E-state index in [1.54, 1.807) is 13.3 Å². The third-order valence-corrected chi connectivity index (χ3v) is 1.31. The first-order valence-corrected chi connectivity index (χ1v) is 3.63. The number of allylic oxidation sites excluding steroid dienone is 5. The van der Waals surface area contributed by atoms with E-state index < -0.39 is 0 Å². The zero-order valence-corrected chi connectivity index (χ0v) is 7.46. The zero-order valence-electron chi connectivity index (χ0n) is 7.46. The molecule has 0 aliphatic rings. The van der Waals surface area contributed by atoms with E-state index >= 15 is 0 Å². The molecular formula is C10H15N. The van der Waals surface area contributed by atoms with Crippen molar-refractivity contribution in [1.29, 1.82) is 0 Å². The third kappa shape index (κ3) is 4.31. The first-order chi connectivity index (χ1) is 5.22.